The van der Waals surface area contributed by atoms with Crippen molar-refractivity contribution >= 4 is 35.3 Å². The zero-order valence-electron chi connectivity index (χ0n) is 17.8. The highest BCUT2D eigenvalue weighted by atomic mass is 16.6. The van der Waals surface area contributed by atoms with Crippen LogP contribution in [0.25, 0.3) is 0 Å². The lowest BCUT2D eigenvalue weighted by Gasteiger charge is -2.34. The van der Waals surface area contributed by atoms with Crippen LogP contribution in [0.4, 0.5) is 16.2 Å². The Labute approximate surface area is 177 Å². The van der Waals surface area contributed by atoms with Gasteiger partial charge in [0.25, 0.3) is 5.91 Å². The molecule has 0 bridgehead atoms. The van der Waals surface area contributed by atoms with Crippen molar-refractivity contribution in [2.75, 3.05) is 11.9 Å². The van der Waals surface area contributed by atoms with Crippen LogP contribution in [-0.4, -0.2) is 48.2 Å². The molecule has 2 unspecified atom stereocenters. The van der Waals surface area contributed by atoms with Crippen LogP contribution < -0.4 is 22.1 Å². The van der Waals surface area contributed by atoms with Gasteiger partial charge in [-0.05, 0) is 51.8 Å². The first-order chi connectivity index (χ1) is 14.1. The SMILES string of the molecule is CC(C)(C)OC(=O)NC1CCCCC1Nc1ccc(C(N)=O)c(N=C(C=N)CN)c1. The first kappa shape index (κ1) is 23.3. The summed E-state index contributed by atoms with van der Waals surface area (Å²) in [5.41, 5.74) is 12.2. The number of carbonyl (C=O) groups excluding carboxylic acids is 2. The van der Waals surface area contributed by atoms with Gasteiger partial charge in [-0.3, -0.25) is 4.79 Å². The van der Waals surface area contributed by atoms with Crippen molar-refractivity contribution in [1.82, 2.24) is 5.32 Å². The first-order valence-corrected chi connectivity index (χ1v) is 10.1. The number of rotatable bonds is 7. The van der Waals surface area contributed by atoms with E-state index in [0.717, 1.165) is 37.6 Å². The van der Waals surface area contributed by atoms with Gasteiger partial charge in [0.15, 0.2) is 0 Å². The molecule has 1 aromatic carbocycles. The number of alkyl carbamates (subject to hydrolysis) is 1. The lowest BCUT2D eigenvalue weighted by Crippen LogP contribution is -2.49. The third-order valence-electron chi connectivity index (χ3n) is 4.72. The minimum absolute atomic E-state index is 0.000701. The van der Waals surface area contributed by atoms with E-state index in [4.69, 9.17) is 21.6 Å². The quantitative estimate of drug-likeness (QED) is 0.432. The fourth-order valence-electron chi connectivity index (χ4n) is 3.36. The molecule has 1 aliphatic carbocycles. The lowest BCUT2D eigenvalue weighted by atomic mass is 9.90. The molecular weight excluding hydrogens is 384 g/mol. The van der Waals surface area contributed by atoms with Gasteiger partial charge in [0.2, 0.25) is 0 Å². The summed E-state index contributed by atoms with van der Waals surface area (Å²) in [6.45, 7) is 5.56. The van der Waals surface area contributed by atoms with Crippen LogP contribution in [0, 0.1) is 5.41 Å². The predicted octanol–water partition coefficient (Wildman–Crippen LogP) is 2.71. The number of nitrogens with zero attached hydrogens (tertiary/aromatic N) is 1. The summed E-state index contributed by atoms with van der Waals surface area (Å²) in [4.78, 5) is 28.3. The molecule has 1 saturated carbocycles. The van der Waals surface area contributed by atoms with Gasteiger partial charge in [-0.25, -0.2) is 9.79 Å². The lowest BCUT2D eigenvalue weighted by molar-refractivity contribution is 0.0488. The van der Waals surface area contributed by atoms with Crippen LogP contribution in [0.2, 0.25) is 0 Å². The Morgan fingerprint density at radius 2 is 1.93 bits per heavy atom. The minimum atomic E-state index is -0.608. The molecule has 0 spiro atoms. The fourth-order valence-corrected chi connectivity index (χ4v) is 3.36. The molecule has 2 atom stereocenters. The van der Waals surface area contributed by atoms with Crippen molar-refractivity contribution in [2.45, 2.75) is 64.1 Å². The second kappa shape index (κ2) is 10.2. The van der Waals surface area contributed by atoms with Crippen LogP contribution in [-0.2, 0) is 4.74 Å². The third-order valence-corrected chi connectivity index (χ3v) is 4.72. The van der Waals surface area contributed by atoms with Crippen molar-refractivity contribution < 1.29 is 14.3 Å². The zero-order chi connectivity index (χ0) is 22.3. The maximum atomic E-state index is 12.2. The zero-order valence-corrected chi connectivity index (χ0v) is 17.8. The largest absolute Gasteiger partial charge is 0.444 e. The molecule has 0 saturated heterocycles. The maximum Gasteiger partial charge on any atom is 0.407 e. The summed E-state index contributed by atoms with van der Waals surface area (Å²) >= 11 is 0. The summed E-state index contributed by atoms with van der Waals surface area (Å²) in [5, 5.41) is 13.8. The molecule has 9 heteroatoms. The third kappa shape index (κ3) is 6.84. The maximum absolute atomic E-state index is 12.2. The molecule has 164 valence electrons. The van der Waals surface area contributed by atoms with Crippen LogP contribution >= 0.6 is 0 Å². The number of amides is 2. The molecule has 1 aliphatic rings. The van der Waals surface area contributed by atoms with Gasteiger partial charge in [-0.2, -0.15) is 0 Å². The van der Waals surface area contributed by atoms with Crippen molar-refractivity contribution in [3.05, 3.63) is 23.8 Å². The molecule has 0 aromatic heterocycles. The number of primary amides is 1. The Hall–Kier alpha value is -2.94. The average molecular weight is 417 g/mol. The topological polar surface area (TPSA) is 156 Å². The molecule has 0 radical (unpaired) electrons. The standard InChI is InChI=1S/C21H32N6O3/c1-21(2,3)30-20(29)27-17-7-5-4-6-16(17)25-13-8-9-15(19(24)28)18(10-13)26-14(11-22)12-23/h8-11,16-17,22,25H,4-7,12,23H2,1-3H3,(H2,24,28)(H,27,29). The average Bonchev–Trinajstić information content (AvgIpc) is 2.66. The summed E-state index contributed by atoms with van der Waals surface area (Å²) in [5.74, 6) is -0.608. The first-order valence-electron chi connectivity index (χ1n) is 10.1. The molecule has 9 nitrogen and oxygen atoms in total. The van der Waals surface area contributed by atoms with Crippen molar-refractivity contribution in [3.8, 4) is 0 Å². The monoisotopic (exact) mass is 416 g/mol. The normalized spacial score (nSPS) is 19.7. The van der Waals surface area contributed by atoms with E-state index in [1.165, 1.54) is 0 Å². The van der Waals surface area contributed by atoms with Gasteiger partial charge >= 0.3 is 6.09 Å². The molecule has 1 fully saturated rings. The summed E-state index contributed by atoms with van der Waals surface area (Å²) < 4.78 is 5.39. The minimum Gasteiger partial charge on any atom is -0.444 e. The number of benzene rings is 1. The van der Waals surface area contributed by atoms with Gasteiger partial charge in [0.05, 0.1) is 23.0 Å². The Morgan fingerprint density at radius 3 is 2.50 bits per heavy atom. The van der Waals surface area contributed by atoms with Gasteiger partial charge in [0.1, 0.15) is 5.60 Å². The number of hydrogen-bond donors (Lipinski definition) is 5. The van der Waals surface area contributed by atoms with E-state index in [1.807, 2.05) is 20.8 Å². The van der Waals surface area contributed by atoms with Crippen molar-refractivity contribution in [3.63, 3.8) is 0 Å². The highest BCUT2D eigenvalue weighted by Gasteiger charge is 2.28. The van der Waals surface area contributed by atoms with Gasteiger partial charge in [-0.1, -0.05) is 12.8 Å². The van der Waals surface area contributed by atoms with E-state index in [2.05, 4.69) is 15.6 Å². The van der Waals surface area contributed by atoms with Crippen LogP contribution in [0.5, 0.6) is 0 Å². The highest BCUT2D eigenvalue weighted by Crippen LogP contribution is 2.27. The molecule has 0 aliphatic heterocycles. The predicted molar refractivity (Wildman–Crippen MR) is 119 cm³/mol. The number of carbonyl (C=O) groups is 2. The molecule has 2 rings (SSSR count). The van der Waals surface area contributed by atoms with E-state index < -0.39 is 17.6 Å². The van der Waals surface area contributed by atoms with Gasteiger partial charge < -0.3 is 32.2 Å². The number of ether oxygens (including phenoxy) is 1. The number of aliphatic imine (C=N–C) groups is 1. The summed E-state index contributed by atoms with van der Waals surface area (Å²) in [6.07, 6.45) is 4.40. The molecule has 30 heavy (non-hydrogen) atoms. The van der Waals surface area contributed by atoms with Crippen LogP contribution in [0.3, 0.4) is 0 Å². The molecule has 2 amide bonds. The Balaban J connectivity index is 2.21. The van der Waals surface area contributed by atoms with Crippen LogP contribution in [0.1, 0.15) is 56.8 Å². The van der Waals surface area contributed by atoms with E-state index in [9.17, 15) is 9.59 Å². The Morgan fingerprint density at radius 1 is 1.27 bits per heavy atom. The second-order valence-electron chi connectivity index (χ2n) is 8.34. The summed E-state index contributed by atoms with van der Waals surface area (Å²) in [7, 11) is 0. The van der Waals surface area contributed by atoms with E-state index in [1.54, 1.807) is 18.2 Å². The second-order valence-corrected chi connectivity index (χ2v) is 8.34. The number of nitrogens with two attached hydrogens (primary N) is 2. The fraction of sp³-hybridized carbons (Fsp3) is 0.524. The highest BCUT2D eigenvalue weighted by molar-refractivity contribution is 6.31. The Bertz CT molecular complexity index is 815. The number of nitrogens with one attached hydrogen (secondary N) is 3. The van der Waals surface area contributed by atoms with Crippen molar-refractivity contribution in [2.24, 2.45) is 16.5 Å². The number of hydrogen-bond acceptors (Lipinski definition) is 7. The molecule has 7 N–H and O–H groups in total. The summed E-state index contributed by atoms with van der Waals surface area (Å²) in [6, 6.07) is 4.97. The van der Waals surface area contributed by atoms with Crippen LogP contribution in [0.15, 0.2) is 23.2 Å². The van der Waals surface area contributed by atoms with Crippen molar-refractivity contribution in [1.29, 1.82) is 5.41 Å². The molecule has 1 aromatic rings. The van der Waals surface area contributed by atoms with Gasteiger partial charge in [-0.15, -0.1) is 0 Å². The number of anilines is 1. The van der Waals surface area contributed by atoms with E-state index >= 15 is 0 Å². The Kier molecular flexibility index (Phi) is 7.93. The molecular formula is C21H32N6O3. The smallest absolute Gasteiger partial charge is 0.407 e. The van der Waals surface area contributed by atoms with Gasteiger partial charge in [0, 0.05) is 24.5 Å². The van der Waals surface area contributed by atoms with E-state index in [0.29, 0.717) is 11.4 Å². The molecule has 0 heterocycles. The van der Waals surface area contributed by atoms with E-state index in [-0.39, 0.29) is 24.2 Å².